The molecule has 2 aromatic heterocycles. The fraction of sp³-hybridized carbons (Fsp3) is 0.111. The molecule has 0 aliphatic rings. The number of rotatable bonds is 3. The molecule has 0 bridgehead atoms. The van der Waals surface area contributed by atoms with Gasteiger partial charge in [0.15, 0.2) is 5.65 Å². The van der Waals surface area contributed by atoms with Crippen LogP contribution in [0.4, 0.5) is 13.2 Å². The molecule has 0 amide bonds. The van der Waals surface area contributed by atoms with E-state index in [9.17, 15) is 23.1 Å². The molecule has 0 aliphatic heterocycles. The lowest BCUT2D eigenvalue weighted by molar-refractivity contribution is -0.0328. The third-order valence-electron chi connectivity index (χ3n) is 4.12. The molecule has 0 fully saturated rings. The second-order valence-electron chi connectivity index (χ2n) is 5.95. The Balaban J connectivity index is 1.91. The van der Waals surface area contributed by atoms with E-state index in [4.69, 9.17) is 0 Å². The van der Waals surface area contributed by atoms with Crippen molar-refractivity contribution in [3.05, 3.63) is 54.2 Å². The number of thioether (sulfide) groups is 1. The van der Waals surface area contributed by atoms with E-state index in [2.05, 4.69) is 5.10 Å². The normalized spacial score (nSPS) is 12.1. The van der Waals surface area contributed by atoms with E-state index >= 15 is 0 Å². The first kappa shape index (κ1) is 17.5. The Morgan fingerprint density at radius 2 is 1.81 bits per heavy atom. The minimum Gasteiger partial charge on any atom is -0.478 e. The van der Waals surface area contributed by atoms with Gasteiger partial charge in [-0.25, -0.2) is 4.79 Å². The van der Waals surface area contributed by atoms with Gasteiger partial charge in [0.25, 0.3) is 0 Å². The van der Waals surface area contributed by atoms with Gasteiger partial charge in [0.05, 0.1) is 11.1 Å². The SMILES string of the molecule is Cn1cc2c3cc(C(=O)O)ccc3n(-c3ccc(SC(F)(F)F)cc3)c2n1. The number of halogens is 3. The summed E-state index contributed by atoms with van der Waals surface area (Å²) in [6.07, 6.45) is 1.79. The summed E-state index contributed by atoms with van der Waals surface area (Å²) in [7, 11) is 1.75. The Bertz CT molecular complexity index is 1180. The van der Waals surface area contributed by atoms with Crippen LogP contribution in [-0.2, 0) is 7.05 Å². The zero-order valence-corrected chi connectivity index (χ0v) is 14.7. The average Bonchev–Trinajstić information content (AvgIpc) is 3.09. The summed E-state index contributed by atoms with van der Waals surface area (Å²) in [4.78, 5) is 11.4. The highest BCUT2D eigenvalue weighted by atomic mass is 32.2. The lowest BCUT2D eigenvalue weighted by atomic mass is 10.1. The maximum atomic E-state index is 12.5. The second-order valence-corrected chi connectivity index (χ2v) is 7.09. The predicted octanol–water partition coefficient (Wildman–Crippen LogP) is 4.83. The molecule has 0 saturated carbocycles. The third kappa shape index (κ3) is 3.14. The zero-order chi connectivity index (χ0) is 19.3. The predicted molar refractivity (Wildman–Crippen MR) is 96.4 cm³/mol. The molecular weight excluding hydrogens is 379 g/mol. The number of aryl methyl sites for hydroxylation is 1. The number of hydrogen-bond acceptors (Lipinski definition) is 3. The zero-order valence-electron chi connectivity index (χ0n) is 13.9. The number of carboxylic acid groups (broad SMARTS) is 1. The van der Waals surface area contributed by atoms with Crippen LogP contribution in [0.15, 0.2) is 53.6 Å². The van der Waals surface area contributed by atoms with Crippen LogP contribution in [0.1, 0.15) is 10.4 Å². The second kappa shape index (κ2) is 6.05. The summed E-state index contributed by atoms with van der Waals surface area (Å²) in [6, 6.07) is 10.7. The molecule has 0 spiro atoms. The highest BCUT2D eigenvalue weighted by molar-refractivity contribution is 8.00. The van der Waals surface area contributed by atoms with Crippen LogP contribution in [0, 0.1) is 0 Å². The number of aromatic carboxylic acids is 1. The topological polar surface area (TPSA) is 60.1 Å². The van der Waals surface area contributed by atoms with Crippen molar-refractivity contribution in [3.8, 4) is 5.69 Å². The van der Waals surface area contributed by atoms with Gasteiger partial charge in [-0.3, -0.25) is 9.25 Å². The van der Waals surface area contributed by atoms with E-state index in [1.165, 1.54) is 18.2 Å². The van der Waals surface area contributed by atoms with Crippen LogP contribution in [0.3, 0.4) is 0 Å². The monoisotopic (exact) mass is 391 g/mol. The molecule has 0 unspecified atom stereocenters. The molecule has 0 atom stereocenters. The van der Waals surface area contributed by atoms with Gasteiger partial charge >= 0.3 is 11.5 Å². The maximum absolute atomic E-state index is 12.5. The lowest BCUT2D eigenvalue weighted by Crippen LogP contribution is -2.00. The Morgan fingerprint density at radius 3 is 2.44 bits per heavy atom. The number of alkyl halides is 3. The van der Waals surface area contributed by atoms with E-state index in [1.807, 2.05) is 0 Å². The molecular formula is C18H12F3N3O2S. The number of fused-ring (bicyclic) bond motifs is 3. The molecule has 9 heteroatoms. The minimum absolute atomic E-state index is 0.0909. The largest absolute Gasteiger partial charge is 0.478 e. The molecule has 5 nitrogen and oxygen atoms in total. The summed E-state index contributed by atoms with van der Waals surface area (Å²) in [5, 5.41) is 15.2. The van der Waals surface area contributed by atoms with Crippen molar-refractivity contribution in [2.75, 3.05) is 0 Å². The summed E-state index contributed by atoms with van der Waals surface area (Å²) in [5.74, 6) is -1.03. The number of aromatic nitrogens is 3. The summed E-state index contributed by atoms with van der Waals surface area (Å²) >= 11 is -0.171. The molecule has 4 aromatic rings. The van der Waals surface area contributed by atoms with Gasteiger partial charge in [-0.2, -0.15) is 18.3 Å². The number of nitrogens with zero attached hydrogens (tertiary/aromatic N) is 3. The van der Waals surface area contributed by atoms with E-state index < -0.39 is 11.5 Å². The Hall–Kier alpha value is -2.94. The van der Waals surface area contributed by atoms with Gasteiger partial charge in [0.2, 0.25) is 0 Å². The van der Waals surface area contributed by atoms with Crippen LogP contribution >= 0.6 is 11.8 Å². The van der Waals surface area contributed by atoms with Crippen molar-refractivity contribution in [1.82, 2.24) is 14.3 Å². The van der Waals surface area contributed by atoms with Crippen molar-refractivity contribution >= 4 is 39.7 Å². The quantitative estimate of drug-likeness (QED) is 0.509. The van der Waals surface area contributed by atoms with Gasteiger partial charge in [0.1, 0.15) is 0 Å². The first-order chi connectivity index (χ1) is 12.7. The third-order valence-corrected chi connectivity index (χ3v) is 4.86. The Morgan fingerprint density at radius 1 is 1.11 bits per heavy atom. The maximum Gasteiger partial charge on any atom is 0.446 e. The standard InChI is InChI=1S/C18H12F3N3O2S/c1-23-9-14-13-8-10(17(25)26)2-7-15(13)24(16(14)22-23)11-3-5-12(6-4-11)27-18(19,20)21/h2-9H,1H3,(H,25,26). The van der Waals surface area contributed by atoms with E-state index in [0.717, 1.165) is 10.9 Å². The van der Waals surface area contributed by atoms with Crippen molar-refractivity contribution < 1.29 is 23.1 Å². The minimum atomic E-state index is -4.34. The lowest BCUT2D eigenvalue weighted by Gasteiger charge is -2.09. The summed E-state index contributed by atoms with van der Waals surface area (Å²) < 4.78 is 41.0. The molecule has 0 aliphatic carbocycles. The molecule has 4 rings (SSSR count). The molecule has 138 valence electrons. The number of carboxylic acids is 1. The summed E-state index contributed by atoms with van der Waals surface area (Å²) in [5.41, 5.74) is -2.21. The van der Waals surface area contributed by atoms with E-state index in [-0.39, 0.29) is 22.2 Å². The molecule has 0 radical (unpaired) electrons. The van der Waals surface area contributed by atoms with Gasteiger partial charge in [-0.15, -0.1) is 0 Å². The number of carbonyl (C=O) groups is 1. The van der Waals surface area contributed by atoms with Gasteiger partial charge in [-0.05, 0) is 54.2 Å². The fourth-order valence-corrected chi connectivity index (χ4v) is 3.62. The van der Waals surface area contributed by atoms with E-state index in [1.54, 1.807) is 46.8 Å². The smallest absolute Gasteiger partial charge is 0.446 e. The van der Waals surface area contributed by atoms with Crippen molar-refractivity contribution in [1.29, 1.82) is 0 Å². The van der Waals surface area contributed by atoms with Gasteiger partial charge in [-0.1, -0.05) is 0 Å². The fourth-order valence-electron chi connectivity index (χ4n) is 3.08. The van der Waals surface area contributed by atoms with E-state index in [0.29, 0.717) is 16.7 Å². The highest BCUT2D eigenvalue weighted by Gasteiger charge is 2.29. The molecule has 2 aromatic carbocycles. The molecule has 1 N–H and O–H groups in total. The number of benzene rings is 2. The van der Waals surface area contributed by atoms with Crippen molar-refractivity contribution in [2.24, 2.45) is 7.05 Å². The van der Waals surface area contributed by atoms with Crippen LogP contribution in [0.5, 0.6) is 0 Å². The number of hydrogen-bond donors (Lipinski definition) is 1. The summed E-state index contributed by atoms with van der Waals surface area (Å²) in [6.45, 7) is 0. The van der Waals surface area contributed by atoms with Gasteiger partial charge < -0.3 is 5.11 Å². The molecule has 2 heterocycles. The highest BCUT2D eigenvalue weighted by Crippen LogP contribution is 2.38. The molecule has 0 saturated heterocycles. The van der Waals surface area contributed by atoms with Crippen LogP contribution in [-0.4, -0.2) is 30.9 Å². The first-order valence-electron chi connectivity index (χ1n) is 7.80. The van der Waals surface area contributed by atoms with Crippen LogP contribution in [0.2, 0.25) is 0 Å². The van der Waals surface area contributed by atoms with Crippen molar-refractivity contribution in [3.63, 3.8) is 0 Å². The van der Waals surface area contributed by atoms with Gasteiger partial charge in [0, 0.05) is 34.6 Å². The molecule has 27 heavy (non-hydrogen) atoms. The Kier molecular flexibility index (Phi) is 3.92. The van der Waals surface area contributed by atoms with Crippen molar-refractivity contribution in [2.45, 2.75) is 10.4 Å². The van der Waals surface area contributed by atoms with Crippen LogP contribution < -0.4 is 0 Å². The first-order valence-corrected chi connectivity index (χ1v) is 8.62. The Labute approximate surface area is 155 Å². The average molecular weight is 391 g/mol. The van der Waals surface area contributed by atoms with Crippen LogP contribution in [0.25, 0.3) is 27.6 Å².